The lowest BCUT2D eigenvalue weighted by molar-refractivity contribution is 0.0948. The standard InChI is InChI=1S/C15H14N4O2/c1-10-5-6-19-13(8-10)17-11(2)14(19)15(20)18-16-9-12-4-3-7-21-12/h3-9H,1-2H3,(H,18,20). The van der Waals surface area contributed by atoms with Crippen LogP contribution in [-0.4, -0.2) is 21.5 Å². The number of amides is 1. The first-order valence-corrected chi connectivity index (χ1v) is 6.47. The van der Waals surface area contributed by atoms with Gasteiger partial charge in [-0.05, 0) is 43.7 Å². The van der Waals surface area contributed by atoms with Gasteiger partial charge in [-0.25, -0.2) is 10.4 Å². The van der Waals surface area contributed by atoms with Crippen molar-refractivity contribution in [2.75, 3.05) is 0 Å². The number of carbonyl (C=O) groups is 1. The number of furan rings is 1. The lowest BCUT2D eigenvalue weighted by Gasteiger charge is -2.01. The molecule has 0 spiro atoms. The van der Waals surface area contributed by atoms with E-state index in [4.69, 9.17) is 4.42 Å². The van der Waals surface area contributed by atoms with Crippen LogP contribution in [0, 0.1) is 13.8 Å². The molecule has 0 bridgehead atoms. The number of aryl methyl sites for hydroxylation is 2. The van der Waals surface area contributed by atoms with Gasteiger partial charge < -0.3 is 4.42 Å². The molecule has 1 N–H and O–H groups in total. The van der Waals surface area contributed by atoms with E-state index in [0.29, 0.717) is 17.1 Å². The Kier molecular flexibility index (Phi) is 3.27. The molecule has 0 aliphatic heterocycles. The SMILES string of the molecule is Cc1ccn2c(C(=O)NN=Cc3ccco3)c(C)nc2c1. The number of aromatic nitrogens is 2. The maximum atomic E-state index is 12.2. The molecular formula is C15H14N4O2. The molecular weight excluding hydrogens is 268 g/mol. The van der Waals surface area contributed by atoms with Crippen LogP contribution >= 0.6 is 0 Å². The first kappa shape index (κ1) is 13.1. The van der Waals surface area contributed by atoms with E-state index in [1.54, 1.807) is 29.7 Å². The second-order valence-corrected chi connectivity index (χ2v) is 4.69. The molecule has 0 saturated heterocycles. The summed E-state index contributed by atoms with van der Waals surface area (Å²) in [5.41, 5.74) is 5.45. The van der Waals surface area contributed by atoms with Gasteiger partial charge in [0.15, 0.2) is 0 Å². The van der Waals surface area contributed by atoms with Gasteiger partial charge in [0.25, 0.3) is 5.91 Å². The Morgan fingerprint density at radius 1 is 1.43 bits per heavy atom. The summed E-state index contributed by atoms with van der Waals surface area (Å²) in [7, 11) is 0. The van der Waals surface area contributed by atoms with Crippen molar-refractivity contribution in [1.29, 1.82) is 0 Å². The molecule has 3 heterocycles. The Bertz CT molecular complexity index is 816. The van der Waals surface area contributed by atoms with Crippen LogP contribution in [0.15, 0.2) is 46.2 Å². The Balaban J connectivity index is 1.86. The Morgan fingerprint density at radius 3 is 3.05 bits per heavy atom. The van der Waals surface area contributed by atoms with Crippen molar-refractivity contribution in [3.8, 4) is 0 Å². The second kappa shape index (κ2) is 5.24. The third-order valence-corrected chi connectivity index (χ3v) is 3.07. The lowest BCUT2D eigenvalue weighted by atomic mass is 10.3. The summed E-state index contributed by atoms with van der Waals surface area (Å²) in [5.74, 6) is 0.257. The number of nitrogens with zero attached hydrogens (tertiary/aromatic N) is 3. The minimum Gasteiger partial charge on any atom is -0.463 e. The summed E-state index contributed by atoms with van der Waals surface area (Å²) in [6.07, 6.45) is 4.82. The highest BCUT2D eigenvalue weighted by atomic mass is 16.3. The summed E-state index contributed by atoms with van der Waals surface area (Å²) in [6.45, 7) is 3.78. The number of imidazole rings is 1. The van der Waals surface area contributed by atoms with Crippen LogP contribution in [0.2, 0.25) is 0 Å². The fourth-order valence-electron chi connectivity index (χ4n) is 2.11. The summed E-state index contributed by atoms with van der Waals surface area (Å²) in [5, 5.41) is 3.88. The zero-order chi connectivity index (χ0) is 14.8. The Morgan fingerprint density at radius 2 is 2.29 bits per heavy atom. The van der Waals surface area contributed by atoms with Crippen LogP contribution in [-0.2, 0) is 0 Å². The molecule has 1 amide bonds. The molecule has 106 valence electrons. The molecule has 0 unspecified atom stereocenters. The van der Waals surface area contributed by atoms with Gasteiger partial charge in [-0.3, -0.25) is 9.20 Å². The van der Waals surface area contributed by atoms with E-state index < -0.39 is 0 Å². The Hall–Kier alpha value is -2.89. The second-order valence-electron chi connectivity index (χ2n) is 4.69. The van der Waals surface area contributed by atoms with Crippen molar-refractivity contribution in [2.45, 2.75) is 13.8 Å². The minimum atomic E-state index is -0.313. The number of fused-ring (bicyclic) bond motifs is 1. The number of rotatable bonds is 3. The number of hydrazone groups is 1. The van der Waals surface area contributed by atoms with E-state index in [2.05, 4.69) is 15.5 Å². The molecule has 3 rings (SSSR count). The molecule has 6 nitrogen and oxygen atoms in total. The van der Waals surface area contributed by atoms with Gasteiger partial charge >= 0.3 is 0 Å². The highest BCUT2D eigenvalue weighted by molar-refractivity contribution is 5.95. The molecule has 0 aliphatic rings. The Labute approximate surface area is 121 Å². The van der Waals surface area contributed by atoms with E-state index in [9.17, 15) is 4.79 Å². The van der Waals surface area contributed by atoms with E-state index in [-0.39, 0.29) is 5.91 Å². The molecule has 6 heteroatoms. The van der Waals surface area contributed by atoms with Gasteiger partial charge in [0.2, 0.25) is 0 Å². The monoisotopic (exact) mass is 282 g/mol. The van der Waals surface area contributed by atoms with Gasteiger partial charge in [-0.15, -0.1) is 0 Å². The molecule has 0 radical (unpaired) electrons. The number of hydrogen-bond donors (Lipinski definition) is 1. The maximum Gasteiger partial charge on any atom is 0.290 e. The van der Waals surface area contributed by atoms with Gasteiger partial charge in [0.1, 0.15) is 17.1 Å². The van der Waals surface area contributed by atoms with E-state index in [0.717, 1.165) is 11.2 Å². The first-order valence-electron chi connectivity index (χ1n) is 6.47. The number of carbonyl (C=O) groups excluding carboxylic acids is 1. The van der Waals surface area contributed by atoms with Crippen LogP contribution in [0.5, 0.6) is 0 Å². The average Bonchev–Trinajstić information content (AvgIpc) is 3.04. The minimum absolute atomic E-state index is 0.313. The van der Waals surface area contributed by atoms with Crippen LogP contribution < -0.4 is 5.43 Å². The average molecular weight is 282 g/mol. The van der Waals surface area contributed by atoms with Crippen LogP contribution in [0.25, 0.3) is 5.65 Å². The summed E-state index contributed by atoms with van der Waals surface area (Å²) in [4.78, 5) is 16.6. The number of hydrogen-bond acceptors (Lipinski definition) is 4. The maximum absolute atomic E-state index is 12.2. The van der Waals surface area contributed by atoms with Crippen molar-refractivity contribution >= 4 is 17.8 Å². The molecule has 0 saturated carbocycles. The largest absolute Gasteiger partial charge is 0.463 e. The summed E-state index contributed by atoms with van der Waals surface area (Å²) in [6, 6.07) is 7.35. The third kappa shape index (κ3) is 2.55. The fraction of sp³-hybridized carbons (Fsp3) is 0.133. The van der Waals surface area contributed by atoms with E-state index in [1.165, 1.54) is 6.21 Å². The third-order valence-electron chi connectivity index (χ3n) is 3.07. The normalized spacial score (nSPS) is 11.3. The number of pyridine rings is 1. The predicted octanol–water partition coefficient (Wildman–Crippen LogP) is 2.31. The van der Waals surface area contributed by atoms with E-state index >= 15 is 0 Å². The molecule has 0 fully saturated rings. The molecule has 3 aromatic rings. The van der Waals surface area contributed by atoms with Crippen molar-refractivity contribution in [1.82, 2.24) is 14.8 Å². The molecule has 0 aromatic carbocycles. The van der Waals surface area contributed by atoms with Crippen LogP contribution in [0.1, 0.15) is 27.5 Å². The van der Waals surface area contributed by atoms with E-state index in [1.807, 2.05) is 25.3 Å². The zero-order valence-electron chi connectivity index (χ0n) is 11.7. The summed E-state index contributed by atoms with van der Waals surface area (Å²) < 4.78 is 6.85. The quantitative estimate of drug-likeness (QED) is 0.592. The van der Waals surface area contributed by atoms with Gasteiger partial charge in [0, 0.05) is 6.20 Å². The smallest absolute Gasteiger partial charge is 0.290 e. The zero-order valence-corrected chi connectivity index (χ0v) is 11.7. The summed E-state index contributed by atoms with van der Waals surface area (Å²) >= 11 is 0. The van der Waals surface area contributed by atoms with Crippen LogP contribution in [0.4, 0.5) is 0 Å². The van der Waals surface area contributed by atoms with Gasteiger partial charge in [0.05, 0.1) is 18.2 Å². The number of nitrogens with one attached hydrogen (secondary N) is 1. The topological polar surface area (TPSA) is 71.9 Å². The lowest BCUT2D eigenvalue weighted by Crippen LogP contribution is -2.20. The molecule has 21 heavy (non-hydrogen) atoms. The van der Waals surface area contributed by atoms with Crippen molar-refractivity contribution in [3.63, 3.8) is 0 Å². The van der Waals surface area contributed by atoms with Crippen molar-refractivity contribution in [3.05, 3.63) is 59.4 Å². The molecule has 0 atom stereocenters. The highest BCUT2D eigenvalue weighted by Crippen LogP contribution is 2.13. The van der Waals surface area contributed by atoms with Gasteiger partial charge in [-0.1, -0.05) is 0 Å². The van der Waals surface area contributed by atoms with Crippen molar-refractivity contribution < 1.29 is 9.21 Å². The molecule has 0 aliphatic carbocycles. The highest BCUT2D eigenvalue weighted by Gasteiger charge is 2.15. The van der Waals surface area contributed by atoms with Gasteiger partial charge in [-0.2, -0.15) is 5.10 Å². The fourth-order valence-corrected chi connectivity index (χ4v) is 2.11. The van der Waals surface area contributed by atoms with Crippen molar-refractivity contribution in [2.24, 2.45) is 5.10 Å². The predicted molar refractivity (Wildman–Crippen MR) is 78.4 cm³/mol. The molecule has 3 aromatic heterocycles. The van der Waals surface area contributed by atoms with Crippen LogP contribution in [0.3, 0.4) is 0 Å². The first-order chi connectivity index (χ1) is 10.1.